The zero-order valence-corrected chi connectivity index (χ0v) is 12.5. The molecule has 2 N–H and O–H groups in total. The SMILES string of the molecule is CCCN(CC(=O)Nc1ccc(CC)cc1)C1CNC1. The first-order valence-electron chi connectivity index (χ1n) is 7.56. The largest absolute Gasteiger partial charge is 0.325 e. The van der Waals surface area contributed by atoms with E-state index in [9.17, 15) is 4.79 Å². The van der Waals surface area contributed by atoms with E-state index >= 15 is 0 Å². The molecule has 1 saturated heterocycles. The molecule has 1 fully saturated rings. The van der Waals surface area contributed by atoms with Crippen LogP contribution in [0.1, 0.15) is 25.8 Å². The highest BCUT2D eigenvalue weighted by molar-refractivity contribution is 5.92. The van der Waals surface area contributed by atoms with E-state index in [1.54, 1.807) is 0 Å². The van der Waals surface area contributed by atoms with Gasteiger partial charge in [0, 0.05) is 24.8 Å². The summed E-state index contributed by atoms with van der Waals surface area (Å²) in [5, 5.41) is 6.25. The van der Waals surface area contributed by atoms with Crippen molar-refractivity contribution in [1.29, 1.82) is 0 Å². The van der Waals surface area contributed by atoms with Gasteiger partial charge in [-0.3, -0.25) is 9.69 Å². The molecule has 20 heavy (non-hydrogen) atoms. The molecule has 110 valence electrons. The lowest BCUT2D eigenvalue weighted by Crippen LogP contribution is -2.58. The predicted molar refractivity (Wildman–Crippen MR) is 83.0 cm³/mol. The fourth-order valence-corrected chi connectivity index (χ4v) is 2.42. The van der Waals surface area contributed by atoms with Crippen LogP contribution >= 0.6 is 0 Å². The van der Waals surface area contributed by atoms with E-state index < -0.39 is 0 Å². The average molecular weight is 275 g/mol. The molecular weight excluding hydrogens is 250 g/mol. The molecule has 1 heterocycles. The van der Waals surface area contributed by atoms with Crippen LogP contribution in [-0.2, 0) is 11.2 Å². The van der Waals surface area contributed by atoms with Crippen LogP contribution in [0.2, 0.25) is 0 Å². The number of rotatable bonds is 7. The first-order chi connectivity index (χ1) is 9.72. The number of hydrogen-bond donors (Lipinski definition) is 2. The number of nitrogens with one attached hydrogen (secondary N) is 2. The van der Waals surface area contributed by atoms with Crippen LogP contribution < -0.4 is 10.6 Å². The summed E-state index contributed by atoms with van der Waals surface area (Å²) in [6, 6.07) is 8.60. The molecule has 0 bridgehead atoms. The van der Waals surface area contributed by atoms with Gasteiger partial charge in [0.2, 0.25) is 5.91 Å². The van der Waals surface area contributed by atoms with Gasteiger partial charge in [-0.1, -0.05) is 26.0 Å². The molecule has 1 aromatic carbocycles. The van der Waals surface area contributed by atoms with Gasteiger partial charge in [0.1, 0.15) is 0 Å². The lowest BCUT2D eigenvalue weighted by molar-refractivity contribution is -0.118. The third-order valence-corrected chi connectivity index (χ3v) is 3.78. The number of benzene rings is 1. The second kappa shape index (κ2) is 7.41. The molecule has 0 unspecified atom stereocenters. The van der Waals surface area contributed by atoms with Gasteiger partial charge in [0.25, 0.3) is 0 Å². The minimum absolute atomic E-state index is 0.0783. The molecule has 4 heteroatoms. The standard InChI is InChI=1S/C16H25N3O/c1-3-9-19(15-10-17-11-15)12-16(20)18-14-7-5-13(4-2)6-8-14/h5-8,15,17H,3-4,9-12H2,1-2H3,(H,18,20). The summed E-state index contributed by atoms with van der Waals surface area (Å²) in [5.41, 5.74) is 2.17. The van der Waals surface area contributed by atoms with E-state index in [4.69, 9.17) is 0 Å². The Hall–Kier alpha value is -1.39. The molecular formula is C16H25N3O. The van der Waals surface area contributed by atoms with Crippen molar-refractivity contribution < 1.29 is 4.79 Å². The van der Waals surface area contributed by atoms with Gasteiger partial charge in [-0.05, 0) is 37.1 Å². The van der Waals surface area contributed by atoms with Crippen LogP contribution in [0.15, 0.2) is 24.3 Å². The maximum Gasteiger partial charge on any atom is 0.238 e. The molecule has 1 aliphatic heterocycles. The van der Waals surface area contributed by atoms with E-state index in [0.29, 0.717) is 12.6 Å². The van der Waals surface area contributed by atoms with Crippen LogP contribution in [0.5, 0.6) is 0 Å². The van der Waals surface area contributed by atoms with Crippen molar-refractivity contribution in [3.05, 3.63) is 29.8 Å². The monoisotopic (exact) mass is 275 g/mol. The quantitative estimate of drug-likeness (QED) is 0.798. The summed E-state index contributed by atoms with van der Waals surface area (Å²) in [7, 11) is 0. The number of anilines is 1. The maximum absolute atomic E-state index is 12.1. The lowest BCUT2D eigenvalue weighted by Gasteiger charge is -2.37. The van der Waals surface area contributed by atoms with E-state index in [-0.39, 0.29) is 5.91 Å². The molecule has 0 aliphatic carbocycles. The highest BCUT2D eigenvalue weighted by Gasteiger charge is 2.25. The van der Waals surface area contributed by atoms with Gasteiger partial charge in [-0.25, -0.2) is 0 Å². The lowest BCUT2D eigenvalue weighted by atomic mass is 10.1. The van der Waals surface area contributed by atoms with E-state index in [1.807, 2.05) is 12.1 Å². The predicted octanol–water partition coefficient (Wildman–Crippen LogP) is 1.87. The minimum atomic E-state index is 0.0783. The molecule has 0 aromatic heterocycles. The van der Waals surface area contributed by atoms with Crippen molar-refractivity contribution in [2.24, 2.45) is 0 Å². The fraction of sp³-hybridized carbons (Fsp3) is 0.562. The molecule has 0 saturated carbocycles. The molecule has 0 radical (unpaired) electrons. The van der Waals surface area contributed by atoms with Gasteiger partial charge in [-0.15, -0.1) is 0 Å². The van der Waals surface area contributed by atoms with Crippen LogP contribution in [0.3, 0.4) is 0 Å². The first kappa shape index (κ1) is 15.0. The van der Waals surface area contributed by atoms with Crippen LogP contribution in [0.25, 0.3) is 0 Å². The summed E-state index contributed by atoms with van der Waals surface area (Å²) in [4.78, 5) is 14.4. The summed E-state index contributed by atoms with van der Waals surface area (Å²) in [6.07, 6.45) is 2.10. The zero-order chi connectivity index (χ0) is 14.4. The second-order valence-corrected chi connectivity index (χ2v) is 5.38. The molecule has 1 aromatic rings. The van der Waals surface area contributed by atoms with E-state index in [0.717, 1.165) is 38.2 Å². The van der Waals surface area contributed by atoms with Crippen molar-refractivity contribution in [1.82, 2.24) is 10.2 Å². The van der Waals surface area contributed by atoms with E-state index in [2.05, 4.69) is 41.5 Å². The number of hydrogen-bond acceptors (Lipinski definition) is 3. The highest BCUT2D eigenvalue weighted by Crippen LogP contribution is 2.11. The van der Waals surface area contributed by atoms with E-state index in [1.165, 1.54) is 5.56 Å². The van der Waals surface area contributed by atoms with Gasteiger partial charge < -0.3 is 10.6 Å². The Kier molecular flexibility index (Phi) is 5.56. The molecule has 2 rings (SSSR count). The van der Waals surface area contributed by atoms with Gasteiger partial charge in [0.05, 0.1) is 6.54 Å². The summed E-state index contributed by atoms with van der Waals surface area (Å²) in [6.45, 7) is 7.74. The minimum Gasteiger partial charge on any atom is -0.325 e. The van der Waals surface area contributed by atoms with Gasteiger partial charge in [0.15, 0.2) is 0 Å². The number of aryl methyl sites for hydroxylation is 1. The second-order valence-electron chi connectivity index (χ2n) is 5.38. The Balaban J connectivity index is 1.86. The molecule has 4 nitrogen and oxygen atoms in total. The van der Waals surface area contributed by atoms with Crippen LogP contribution in [-0.4, -0.2) is 43.0 Å². The Morgan fingerprint density at radius 3 is 2.50 bits per heavy atom. The van der Waals surface area contributed by atoms with Gasteiger partial charge in [-0.2, -0.15) is 0 Å². The molecule has 1 amide bonds. The zero-order valence-electron chi connectivity index (χ0n) is 12.5. The van der Waals surface area contributed by atoms with Crippen LogP contribution in [0, 0.1) is 0 Å². The number of carbonyl (C=O) groups is 1. The summed E-state index contributed by atoms with van der Waals surface area (Å²) in [5.74, 6) is 0.0783. The van der Waals surface area contributed by atoms with Crippen molar-refractivity contribution in [2.45, 2.75) is 32.7 Å². The summed E-state index contributed by atoms with van der Waals surface area (Å²) < 4.78 is 0. The Morgan fingerprint density at radius 2 is 2.00 bits per heavy atom. The Bertz CT molecular complexity index is 426. The molecule has 0 atom stereocenters. The summed E-state index contributed by atoms with van der Waals surface area (Å²) >= 11 is 0. The van der Waals surface area contributed by atoms with Crippen molar-refractivity contribution in [2.75, 3.05) is 31.5 Å². The van der Waals surface area contributed by atoms with Crippen molar-refractivity contribution >= 4 is 11.6 Å². The highest BCUT2D eigenvalue weighted by atomic mass is 16.2. The Morgan fingerprint density at radius 1 is 1.30 bits per heavy atom. The maximum atomic E-state index is 12.1. The number of amides is 1. The smallest absolute Gasteiger partial charge is 0.238 e. The Labute approximate surface area is 121 Å². The molecule has 0 spiro atoms. The number of nitrogens with zero attached hydrogens (tertiary/aromatic N) is 1. The number of carbonyl (C=O) groups excluding carboxylic acids is 1. The fourth-order valence-electron chi connectivity index (χ4n) is 2.42. The third kappa shape index (κ3) is 4.05. The van der Waals surface area contributed by atoms with Gasteiger partial charge >= 0.3 is 0 Å². The third-order valence-electron chi connectivity index (χ3n) is 3.78. The van der Waals surface area contributed by atoms with Crippen molar-refractivity contribution in [3.63, 3.8) is 0 Å². The normalized spacial score (nSPS) is 15.2. The first-order valence-corrected chi connectivity index (χ1v) is 7.56. The van der Waals surface area contributed by atoms with Crippen molar-refractivity contribution in [3.8, 4) is 0 Å². The van der Waals surface area contributed by atoms with Crippen LogP contribution in [0.4, 0.5) is 5.69 Å². The topological polar surface area (TPSA) is 44.4 Å². The molecule has 1 aliphatic rings. The average Bonchev–Trinajstić information content (AvgIpc) is 2.37.